The summed E-state index contributed by atoms with van der Waals surface area (Å²) in [6.07, 6.45) is 0.951. The lowest BCUT2D eigenvalue weighted by Gasteiger charge is -2.50. The Morgan fingerprint density at radius 1 is 1.06 bits per heavy atom. The average molecular weight is 435 g/mol. The minimum absolute atomic E-state index is 0.127. The van der Waals surface area contributed by atoms with Crippen LogP contribution in [-0.2, 0) is 6.42 Å². The lowest BCUT2D eigenvalue weighted by Crippen LogP contribution is -2.68. The van der Waals surface area contributed by atoms with E-state index >= 15 is 0 Å². The zero-order valence-electron chi connectivity index (χ0n) is 18.1. The summed E-state index contributed by atoms with van der Waals surface area (Å²) in [4.78, 5) is 12.9. The van der Waals surface area contributed by atoms with Crippen LogP contribution in [0.3, 0.4) is 0 Å². The summed E-state index contributed by atoms with van der Waals surface area (Å²) >= 11 is 0. The van der Waals surface area contributed by atoms with Crippen molar-refractivity contribution in [2.45, 2.75) is 6.42 Å². The zero-order chi connectivity index (χ0) is 22.4. The van der Waals surface area contributed by atoms with Crippen LogP contribution in [0.25, 0.3) is 0 Å². The molecule has 32 heavy (non-hydrogen) atoms. The molecule has 0 saturated carbocycles. The Balaban J connectivity index is 1.24. The van der Waals surface area contributed by atoms with E-state index in [0.29, 0.717) is 11.4 Å². The molecule has 2 aromatic rings. The van der Waals surface area contributed by atoms with E-state index < -0.39 is 4.92 Å². The van der Waals surface area contributed by atoms with Gasteiger partial charge in [-0.25, -0.2) is 0 Å². The first-order valence-corrected chi connectivity index (χ1v) is 11.0. The van der Waals surface area contributed by atoms with E-state index in [1.807, 2.05) is 30.3 Å². The maximum atomic E-state index is 10.8. The van der Waals surface area contributed by atoms with Gasteiger partial charge in [-0.1, -0.05) is 12.1 Å². The number of nitrogens with zero attached hydrogens (tertiary/aromatic N) is 6. The molecular weight excluding hydrogens is 406 g/mol. The van der Waals surface area contributed by atoms with Gasteiger partial charge in [0.15, 0.2) is 0 Å². The first kappa shape index (κ1) is 22.0. The van der Waals surface area contributed by atoms with Gasteiger partial charge in [-0.2, -0.15) is 10.4 Å². The van der Waals surface area contributed by atoms with Crippen LogP contribution >= 0.6 is 0 Å². The summed E-state index contributed by atoms with van der Waals surface area (Å²) in [5.41, 5.74) is 2.20. The van der Waals surface area contributed by atoms with E-state index in [2.05, 4.69) is 20.4 Å². The maximum absolute atomic E-state index is 10.8. The number of benzene rings is 2. The van der Waals surface area contributed by atoms with Crippen molar-refractivity contribution in [2.24, 2.45) is 10.2 Å². The van der Waals surface area contributed by atoms with Gasteiger partial charge in [-0.05, 0) is 36.7 Å². The number of rotatable bonds is 9. The zero-order valence-corrected chi connectivity index (χ0v) is 18.1. The normalized spacial score (nSPS) is 22.2. The second-order valence-corrected chi connectivity index (χ2v) is 8.51. The Kier molecular flexibility index (Phi) is 6.85. The fourth-order valence-corrected chi connectivity index (χ4v) is 4.40. The molecule has 3 aliphatic heterocycles. The Morgan fingerprint density at radius 3 is 2.44 bits per heavy atom. The van der Waals surface area contributed by atoms with Crippen LogP contribution in [0.2, 0.25) is 0 Å². The molecule has 3 fully saturated rings. The van der Waals surface area contributed by atoms with Gasteiger partial charge < -0.3 is 9.80 Å². The van der Waals surface area contributed by atoms with Crippen LogP contribution in [0.4, 0.5) is 17.1 Å². The summed E-state index contributed by atoms with van der Waals surface area (Å²) in [7, 11) is 0. The molecule has 0 spiro atoms. The lowest BCUT2D eigenvalue weighted by molar-refractivity contribution is -0.939. The topological polar surface area (TPSA) is 107 Å². The molecule has 0 aromatic heterocycles. The van der Waals surface area contributed by atoms with Crippen LogP contribution in [0.15, 0.2) is 52.7 Å². The van der Waals surface area contributed by atoms with E-state index in [1.165, 1.54) is 74.1 Å². The summed E-state index contributed by atoms with van der Waals surface area (Å²) in [5.74, 6) is 0. The van der Waals surface area contributed by atoms with Gasteiger partial charge in [0.1, 0.15) is 11.8 Å². The van der Waals surface area contributed by atoms with Crippen molar-refractivity contribution in [1.82, 2.24) is 10.2 Å². The van der Waals surface area contributed by atoms with E-state index in [4.69, 9.17) is 0 Å². The molecule has 3 aliphatic rings. The van der Waals surface area contributed by atoms with E-state index in [1.54, 1.807) is 0 Å². The monoisotopic (exact) mass is 434 g/mol. The number of non-ortho nitro benzene ring substituents is 1. The Bertz CT molecular complexity index is 1010. The van der Waals surface area contributed by atoms with Crippen LogP contribution < -0.4 is 5.32 Å². The highest BCUT2D eigenvalue weighted by atomic mass is 16.6. The quantitative estimate of drug-likeness (QED) is 0.214. The predicted molar refractivity (Wildman–Crippen MR) is 121 cm³/mol. The van der Waals surface area contributed by atoms with Crippen molar-refractivity contribution in [1.29, 1.82) is 5.26 Å². The minimum Gasteiger partial charge on any atom is -0.319 e. The number of nitrogens with one attached hydrogen (secondary N) is 1. The smallest absolute Gasteiger partial charge is 0.270 e. The van der Waals surface area contributed by atoms with Gasteiger partial charge >= 0.3 is 0 Å². The number of nitro groups is 1. The lowest BCUT2D eigenvalue weighted by atomic mass is 10.1. The molecule has 9 heteroatoms. The molecule has 0 atom stereocenters. The number of azo groups is 1. The summed E-state index contributed by atoms with van der Waals surface area (Å²) in [6.45, 7) is 10.9. The first-order chi connectivity index (χ1) is 15.6. The van der Waals surface area contributed by atoms with Crippen molar-refractivity contribution < 1.29 is 9.41 Å². The fraction of sp³-hybridized carbons (Fsp3) is 0.435. The third kappa shape index (κ3) is 5.34. The largest absolute Gasteiger partial charge is 0.319 e. The van der Waals surface area contributed by atoms with Crippen molar-refractivity contribution in [3.05, 3.63) is 63.7 Å². The number of quaternary nitrogens is 1. The molecule has 3 saturated heterocycles. The van der Waals surface area contributed by atoms with Gasteiger partial charge in [-0.3, -0.25) is 15.0 Å². The molecule has 0 amide bonds. The Morgan fingerprint density at radius 2 is 1.78 bits per heavy atom. The molecule has 5 rings (SSSR count). The summed E-state index contributed by atoms with van der Waals surface area (Å²) in [5, 5.41) is 31.9. The van der Waals surface area contributed by atoms with Crippen LogP contribution in [0, 0.1) is 21.4 Å². The second-order valence-electron chi connectivity index (χ2n) is 8.51. The van der Waals surface area contributed by atoms with Crippen molar-refractivity contribution in [2.75, 3.05) is 58.9 Å². The van der Waals surface area contributed by atoms with Crippen LogP contribution in [0.1, 0.15) is 11.1 Å². The molecule has 166 valence electrons. The number of nitriles is 1. The number of hydrogen-bond acceptors (Lipinski definition) is 7. The molecule has 0 unspecified atom stereocenters. The molecule has 0 aliphatic carbocycles. The SMILES string of the molecule is N#Cc1cc([N+](=O)[O-])ccc1N=Nc1ccc(CCNCC[N+]23CCN(CC2)CC3)cc1. The van der Waals surface area contributed by atoms with Gasteiger partial charge in [0, 0.05) is 38.3 Å². The van der Waals surface area contributed by atoms with Crippen LogP contribution in [-0.4, -0.2) is 73.2 Å². The number of nitro benzene ring substituents is 1. The molecular formula is C23H28N7O2+. The molecule has 0 radical (unpaired) electrons. The fourth-order valence-electron chi connectivity index (χ4n) is 4.40. The molecule has 3 heterocycles. The Labute approximate surface area is 187 Å². The van der Waals surface area contributed by atoms with E-state index in [9.17, 15) is 15.4 Å². The Hall–Kier alpha value is -3.19. The van der Waals surface area contributed by atoms with Gasteiger partial charge in [-0.15, -0.1) is 5.11 Å². The number of piperazine rings is 3. The van der Waals surface area contributed by atoms with E-state index in [-0.39, 0.29) is 11.3 Å². The molecule has 9 nitrogen and oxygen atoms in total. The maximum Gasteiger partial charge on any atom is 0.270 e. The van der Waals surface area contributed by atoms with Gasteiger partial charge in [0.25, 0.3) is 5.69 Å². The standard InChI is InChI=1S/C23H28N7O2/c24-18-20-17-22(29(31)32)5-6-23(20)27-26-21-3-1-19(2-4-21)7-8-25-9-13-30-14-10-28(11-15-30)12-16-30/h1-6,17,25H,7-16H2/q+1. The third-order valence-corrected chi connectivity index (χ3v) is 6.55. The predicted octanol–water partition coefficient (Wildman–Crippen LogP) is 3.16. The highest BCUT2D eigenvalue weighted by Crippen LogP contribution is 2.26. The van der Waals surface area contributed by atoms with Crippen LogP contribution in [0.5, 0.6) is 0 Å². The molecule has 2 aromatic carbocycles. The van der Waals surface area contributed by atoms with Crippen molar-refractivity contribution >= 4 is 17.1 Å². The number of fused-ring (bicyclic) bond motifs is 3. The summed E-state index contributed by atoms with van der Waals surface area (Å²) < 4.78 is 1.28. The van der Waals surface area contributed by atoms with Crippen molar-refractivity contribution in [3.8, 4) is 6.07 Å². The summed E-state index contributed by atoms with van der Waals surface area (Å²) in [6, 6.07) is 13.7. The minimum atomic E-state index is -0.535. The highest BCUT2D eigenvalue weighted by molar-refractivity contribution is 5.58. The average Bonchev–Trinajstić information content (AvgIpc) is 2.84. The number of hydrogen-bond donors (Lipinski definition) is 1. The second kappa shape index (κ2) is 9.96. The molecule has 2 bridgehead atoms. The van der Waals surface area contributed by atoms with Gasteiger partial charge in [0.2, 0.25) is 0 Å². The highest BCUT2D eigenvalue weighted by Gasteiger charge is 2.37. The van der Waals surface area contributed by atoms with Gasteiger partial charge in [0.05, 0.1) is 42.4 Å². The molecule has 1 N–H and O–H groups in total. The first-order valence-electron chi connectivity index (χ1n) is 11.0. The van der Waals surface area contributed by atoms with Crippen molar-refractivity contribution in [3.63, 3.8) is 0 Å². The third-order valence-electron chi connectivity index (χ3n) is 6.55. The van der Waals surface area contributed by atoms with E-state index in [0.717, 1.165) is 19.5 Å².